The van der Waals surface area contributed by atoms with Crippen molar-refractivity contribution in [2.75, 3.05) is 13.1 Å². The number of hydrogen-bond donors (Lipinski definition) is 3. The van der Waals surface area contributed by atoms with Crippen LogP contribution in [0.4, 0.5) is 0 Å². The van der Waals surface area contributed by atoms with Crippen molar-refractivity contribution in [1.29, 1.82) is 0 Å². The van der Waals surface area contributed by atoms with E-state index in [4.69, 9.17) is 10.8 Å². The maximum atomic E-state index is 8.91. The van der Waals surface area contributed by atoms with Gasteiger partial charge in [0.05, 0.1) is 6.10 Å². The summed E-state index contributed by atoms with van der Waals surface area (Å²) in [6.07, 6.45) is 0.653. The highest BCUT2D eigenvalue weighted by Crippen LogP contribution is 2.03. The molecule has 1 heterocycles. The van der Waals surface area contributed by atoms with Crippen LogP contribution >= 0.6 is 0 Å². The lowest BCUT2D eigenvalue weighted by molar-refractivity contribution is 0.193. The third kappa shape index (κ3) is 1.18. The van der Waals surface area contributed by atoms with Gasteiger partial charge in [0.25, 0.3) is 0 Å². The van der Waals surface area contributed by atoms with Crippen molar-refractivity contribution in [1.82, 2.24) is 5.32 Å². The predicted octanol–water partition coefficient (Wildman–Crippen LogP) is -1.33. The van der Waals surface area contributed by atoms with Crippen LogP contribution in [0.1, 0.15) is 6.42 Å². The zero-order valence-corrected chi connectivity index (χ0v) is 4.80. The second kappa shape index (κ2) is 2.44. The van der Waals surface area contributed by atoms with Crippen LogP contribution in [0.3, 0.4) is 0 Å². The first-order chi connectivity index (χ1) is 3.83. The minimum Gasteiger partial charge on any atom is -0.392 e. The van der Waals surface area contributed by atoms with Gasteiger partial charge in [-0.2, -0.15) is 0 Å². The number of β-amino-alcohol motifs (C(OH)–C–C–N with tert-alkyl or cyclic N) is 1. The van der Waals surface area contributed by atoms with E-state index < -0.39 is 0 Å². The Hall–Kier alpha value is -0.120. The van der Waals surface area contributed by atoms with Crippen LogP contribution in [-0.2, 0) is 0 Å². The van der Waals surface area contributed by atoms with Crippen LogP contribution in [0.2, 0.25) is 0 Å². The van der Waals surface area contributed by atoms with Crippen LogP contribution in [-0.4, -0.2) is 30.3 Å². The van der Waals surface area contributed by atoms with Crippen molar-refractivity contribution < 1.29 is 5.11 Å². The number of aliphatic hydroxyl groups is 1. The molecule has 3 nitrogen and oxygen atoms in total. The third-order valence-corrected chi connectivity index (χ3v) is 1.48. The van der Waals surface area contributed by atoms with Gasteiger partial charge in [0, 0.05) is 19.1 Å². The van der Waals surface area contributed by atoms with Crippen LogP contribution < -0.4 is 11.1 Å². The zero-order chi connectivity index (χ0) is 5.98. The predicted molar refractivity (Wildman–Crippen MR) is 31.5 cm³/mol. The Morgan fingerprint density at radius 1 is 1.75 bits per heavy atom. The standard InChI is InChI=1S/C5H12N2O/c6-2-4-1-5(8)3-7-4/h4-5,7-8H,1-3,6H2/t4-,5+/m0/s1. The van der Waals surface area contributed by atoms with Gasteiger partial charge in [0.15, 0.2) is 0 Å². The summed E-state index contributed by atoms with van der Waals surface area (Å²) >= 11 is 0. The lowest BCUT2D eigenvalue weighted by Gasteiger charge is -2.02. The fourth-order valence-electron chi connectivity index (χ4n) is 0.977. The second-order valence-electron chi connectivity index (χ2n) is 2.23. The molecule has 0 aromatic carbocycles. The van der Waals surface area contributed by atoms with Gasteiger partial charge in [-0.05, 0) is 6.42 Å². The molecule has 0 aliphatic carbocycles. The first-order valence-electron chi connectivity index (χ1n) is 2.94. The van der Waals surface area contributed by atoms with Crippen molar-refractivity contribution in [2.24, 2.45) is 5.73 Å². The molecule has 1 fully saturated rings. The van der Waals surface area contributed by atoms with E-state index in [1.54, 1.807) is 0 Å². The molecular weight excluding hydrogens is 104 g/mol. The molecule has 0 saturated carbocycles. The minimum absolute atomic E-state index is 0.163. The molecule has 0 aromatic heterocycles. The molecule has 1 aliphatic rings. The van der Waals surface area contributed by atoms with E-state index >= 15 is 0 Å². The molecular formula is C5H12N2O. The molecule has 0 aromatic rings. The average Bonchev–Trinajstić information content (AvgIpc) is 2.14. The molecule has 1 saturated heterocycles. The molecule has 8 heavy (non-hydrogen) atoms. The summed E-state index contributed by atoms with van der Waals surface area (Å²) < 4.78 is 0. The summed E-state index contributed by atoms with van der Waals surface area (Å²) in [5.41, 5.74) is 5.32. The van der Waals surface area contributed by atoms with Crippen molar-refractivity contribution >= 4 is 0 Å². The SMILES string of the molecule is NC[C@@H]1C[C@@H](O)CN1. The van der Waals surface area contributed by atoms with E-state index in [1.807, 2.05) is 0 Å². The molecule has 48 valence electrons. The van der Waals surface area contributed by atoms with E-state index in [-0.39, 0.29) is 6.10 Å². The largest absolute Gasteiger partial charge is 0.392 e. The number of aliphatic hydroxyl groups excluding tert-OH is 1. The van der Waals surface area contributed by atoms with Gasteiger partial charge in [0.1, 0.15) is 0 Å². The van der Waals surface area contributed by atoms with E-state index in [1.165, 1.54) is 0 Å². The number of rotatable bonds is 1. The highest BCUT2D eigenvalue weighted by atomic mass is 16.3. The van der Waals surface area contributed by atoms with Crippen molar-refractivity contribution in [2.45, 2.75) is 18.6 Å². The summed E-state index contributed by atoms with van der Waals surface area (Å²) in [6.45, 7) is 1.35. The quantitative estimate of drug-likeness (QED) is 0.398. The highest BCUT2D eigenvalue weighted by Gasteiger charge is 2.19. The molecule has 1 rings (SSSR count). The van der Waals surface area contributed by atoms with Crippen LogP contribution in [0, 0.1) is 0 Å². The van der Waals surface area contributed by atoms with E-state index in [2.05, 4.69) is 5.32 Å². The van der Waals surface area contributed by atoms with Gasteiger partial charge in [-0.15, -0.1) is 0 Å². The fraction of sp³-hybridized carbons (Fsp3) is 1.00. The second-order valence-corrected chi connectivity index (χ2v) is 2.23. The van der Waals surface area contributed by atoms with Gasteiger partial charge >= 0.3 is 0 Å². The Bertz CT molecular complexity index is 76.8. The summed E-state index contributed by atoms with van der Waals surface area (Å²) in [5, 5.41) is 12.0. The van der Waals surface area contributed by atoms with Crippen LogP contribution in [0.15, 0.2) is 0 Å². The van der Waals surface area contributed by atoms with Crippen molar-refractivity contribution in [3.05, 3.63) is 0 Å². The van der Waals surface area contributed by atoms with Gasteiger partial charge in [-0.1, -0.05) is 0 Å². The Morgan fingerprint density at radius 3 is 2.75 bits per heavy atom. The van der Waals surface area contributed by atoms with Crippen LogP contribution in [0.25, 0.3) is 0 Å². The normalized spacial score (nSPS) is 38.2. The number of hydrogen-bond acceptors (Lipinski definition) is 3. The van der Waals surface area contributed by atoms with E-state index in [0.717, 1.165) is 6.42 Å². The molecule has 1 aliphatic heterocycles. The summed E-state index contributed by atoms with van der Waals surface area (Å²) in [5.74, 6) is 0. The maximum Gasteiger partial charge on any atom is 0.0680 e. The molecule has 3 heteroatoms. The lowest BCUT2D eigenvalue weighted by Crippen LogP contribution is -2.29. The Kier molecular flexibility index (Phi) is 1.83. The first kappa shape index (κ1) is 6.01. The van der Waals surface area contributed by atoms with Crippen molar-refractivity contribution in [3.8, 4) is 0 Å². The summed E-state index contributed by atoms with van der Waals surface area (Å²) in [7, 11) is 0. The third-order valence-electron chi connectivity index (χ3n) is 1.48. The molecule has 4 N–H and O–H groups in total. The monoisotopic (exact) mass is 116 g/mol. The molecule has 0 radical (unpaired) electrons. The minimum atomic E-state index is -0.163. The van der Waals surface area contributed by atoms with Crippen molar-refractivity contribution in [3.63, 3.8) is 0 Å². The Balaban J connectivity index is 2.22. The molecule has 0 bridgehead atoms. The lowest BCUT2D eigenvalue weighted by atomic mass is 10.2. The fourth-order valence-corrected chi connectivity index (χ4v) is 0.977. The van der Waals surface area contributed by atoms with Gasteiger partial charge in [-0.25, -0.2) is 0 Å². The van der Waals surface area contributed by atoms with E-state index in [0.29, 0.717) is 19.1 Å². The average molecular weight is 116 g/mol. The Morgan fingerprint density at radius 2 is 2.50 bits per heavy atom. The molecule has 0 amide bonds. The van der Waals surface area contributed by atoms with E-state index in [9.17, 15) is 0 Å². The maximum absolute atomic E-state index is 8.91. The summed E-state index contributed by atoms with van der Waals surface area (Å²) in [6, 6.07) is 0.352. The number of nitrogens with one attached hydrogen (secondary N) is 1. The summed E-state index contributed by atoms with van der Waals surface area (Å²) in [4.78, 5) is 0. The number of nitrogens with two attached hydrogens (primary N) is 1. The molecule has 0 unspecified atom stereocenters. The first-order valence-corrected chi connectivity index (χ1v) is 2.94. The molecule has 2 atom stereocenters. The van der Waals surface area contributed by atoms with Crippen LogP contribution in [0.5, 0.6) is 0 Å². The smallest absolute Gasteiger partial charge is 0.0680 e. The van der Waals surface area contributed by atoms with Gasteiger partial charge < -0.3 is 16.2 Å². The van der Waals surface area contributed by atoms with Gasteiger partial charge in [-0.3, -0.25) is 0 Å². The Labute approximate surface area is 48.9 Å². The molecule has 0 spiro atoms. The highest BCUT2D eigenvalue weighted by molar-refractivity contribution is 4.80. The van der Waals surface area contributed by atoms with Gasteiger partial charge in [0.2, 0.25) is 0 Å². The zero-order valence-electron chi connectivity index (χ0n) is 4.80. The topological polar surface area (TPSA) is 58.3 Å².